The fourth-order valence-corrected chi connectivity index (χ4v) is 3.57. The number of aromatic nitrogens is 2. The van der Waals surface area contributed by atoms with Crippen LogP contribution in [0.1, 0.15) is 29.9 Å². The number of aryl methyl sites for hydroxylation is 2. The van der Waals surface area contributed by atoms with Gasteiger partial charge in [-0.15, -0.1) is 11.3 Å². The molecule has 0 saturated carbocycles. The molecule has 3 heterocycles. The monoisotopic (exact) mass is 348 g/mol. The number of thiazole rings is 1. The first-order chi connectivity index (χ1) is 11.6. The van der Waals surface area contributed by atoms with Crippen LogP contribution in [0.25, 0.3) is 0 Å². The van der Waals surface area contributed by atoms with Crippen molar-refractivity contribution in [2.24, 2.45) is 5.92 Å². The van der Waals surface area contributed by atoms with Gasteiger partial charge in [-0.2, -0.15) is 0 Å². The molecule has 1 saturated heterocycles. The molecule has 128 valence electrons. The lowest BCUT2D eigenvalue weighted by Crippen LogP contribution is -2.33. The van der Waals surface area contributed by atoms with Crippen LogP contribution in [0.5, 0.6) is 0 Å². The Balaban J connectivity index is 1.45. The molecule has 24 heavy (non-hydrogen) atoms. The van der Waals surface area contributed by atoms with Crippen molar-refractivity contribution in [3.05, 3.63) is 28.6 Å². The summed E-state index contributed by atoms with van der Waals surface area (Å²) in [6, 6.07) is 0. The molecule has 1 atom stereocenters. The van der Waals surface area contributed by atoms with Crippen molar-refractivity contribution in [3.8, 4) is 0 Å². The van der Waals surface area contributed by atoms with E-state index in [1.807, 2.05) is 19.2 Å². The zero-order valence-corrected chi connectivity index (χ0v) is 14.6. The number of amides is 2. The molecule has 3 rings (SSSR count). The summed E-state index contributed by atoms with van der Waals surface area (Å²) in [6.45, 7) is 4.79. The van der Waals surface area contributed by atoms with Crippen molar-refractivity contribution >= 4 is 28.3 Å². The summed E-state index contributed by atoms with van der Waals surface area (Å²) >= 11 is 1.41. The van der Waals surface area contributed by atoms with Crippen molar-refractivity contribution < 1.29 is 14.1 Å². The number of rotatable bonds is 6. The molecule has 0 aliphatic carbocycles. The highest BCUT2D eigenvalue weighted by atomic mass is 32.1. The lowest BCUT2D eigenvalue weighted by Gasteiger charge is -2.13. The molecule has 7 nitrogen and oxygen atoms in total. The molecule has 1 N–H and O–H groups in total. The first-order valence-corrected chi connectivity index (χ1v) is 8.83. The molecule has 1 unspecified atom stereocenters. The van der Waals surface area contributed by atoms with Crippen LogP contribution in [0, 0.1) is 19.8 Å². The topological polar surface area (TPSA) is 88.3 Å². The second-order valence-corrected chi connectivity index (χ2v) is 6.79. The highest BCUT2D eigenvalue weighted by molar-refractivity contribution is 7.13. The van der Waals surface area contributed by atoms with Gasteiger partial charge in [0.1, 0.15) is 5.76 Å². The summed E-state index contributed by atoms with van der Waals surface area (Å²) in [5.74, 6) is 0.418. The largest absolute Gasteiger partial charge is 0.361 e. The molecular weight excluding hydrogens is 328 g/mol. The van der Waals surface area contributed by atoms with Gasteiger partial charge in [-0.25, -0.2) is 4.98 Å². The number of hydrogen-bond acceptors (Lipinski definition) is 6. The van der Waals surface area contributed by atoms with Gasteiger partial charge in [0, 0.05) is 36.7 Å². The Labute approximate surface area is 144 Å². The zero-order valence-electron chi connectivity index (χ0n) is 13.7. The second kappa shape index (κ2) is 7.12. The van der Waals surface area contributed by atoms with Gasteiger partial charge in [-0.05, 0) is 26.7 Å². The Hall–Kier alpha value is -2.22. The molecule has 8 heteroatoms. The molecule has 2 aromatic rings. The molecule has 0 aromatic carbocycles. The summed E-state index contributed by atoms with van der Waals surface area (Å²) in [4.78, 5) is 30.0. The molecule has 0 spiro atoms. The normalized spacial score (nSPS) is 17.5. The van der Waals surface area contributed by atoms with Gasteiger partial charge < -0.3 is 9.84 Å². The highest BCUT2D eigenvalue weighted by Crippen LogP contribution is 2.26. The smallest absolute Gasteiger partial charge is 0.229 e. The number of anilines is 1. The van der Waals surface area contributed by atoms with Gasteiger partial charge in [0.2, 0.25) is 11.8 Å². The fourth-order valence-electron chi connectivity index (χ4n) is 2.90. The molecule has 0 bridgehead atoms. The van der Waals surface area contributed by atoms with Crippen molar-refractivity contribution in [1.29, 1.82) is 0 Å². The van der Waals surface area contributed by atoms with Gasteiger partial charge in [0.05, 0.1) is 11.6 Å². The van der Waals surface area contributed by atoms with Crippen LogP contribution in [0.2, 0.25) is 0 Å². The van der Waals surface area contributed by atoms with E-state index < -0.39 is 0 Å². The molecule has 2 aromatic heterocycles. The number of carbonyl (C=O) groups is 2. The predicted molar refractivity (Wildman–Crippen MR) is 89.9 cm³/mol. The van der Waals surface area contributed by atoms with E-state index in [1.54, 1.807) is 11.1 Å². The number of nitrogens with zero attached hydrogens (tertiary/aromatic N) is 3. The minimum absolute atomic E-state index is 0.0409. The maximum absolute atomic E-state index is 12.3. The average Bonchev–Trinajstić information content (AvgIpc) is 3.26. The molecule has 2 amide bonds. The van der Waals surface area contributed by atoms with Crippen molar-refractivity contribution in [3.63, 3.8) is 0 Å². The average molecular weight is 348 g/mol. The Morgan fingerprint density at radius 1 is 1.50 bits per heavy atom. The number of hydrogen-bond donors (Lipinski definition) is 1. The standard InChI is InChI=1S/C16H20N4O3S/c1-10-13(11(2)23-19-10)4-3-5-17-15(22)12-8-14(21)20(9-12)16-18-6-7-24-16/h6-7,12H,3-5,8-9H2,1-2H3,(H,17,22). The number of nitrogens with one attached hydrogen (secondary N) is 1. The van der Waals surface area contributed by atoms with Gasteiger partial charge in [0.25, 0.3) is 0 Å². The molecule has 1 fully saturated rings. The van der Waals surface area contributed by atoms with Crippen LogP contribution in [-0.2, 0) is 16.0 Å². The predicted octanol–water partition coefficient (Wildman–Crippen LogP) is 1.85. The van der Waals surface area contributed by atoms with Crippen LogP contribution in [0.3, 0.4) is 0 Å². The Morgan fingerprint density at radius 3 is 3.00 bits per heavy atom. The lowest BCUT2D eigenvalue weighted by molar-refractivity contribution is -0.126. The van der Waals surface area contributed by atoms with E-state index in [1.165, 1.54) is 11.3 Å². The van der Waals surface area contributed by atoms with Gasteiger partial charge >= 0.3 is 0 Å². The minimum atomic E-state index is -0.305. The summed E-state index contributed by atoms with van der Waals surface area (Å²) < 4.78 is 5.13. The zero-order chi connectivity index (χ0) is 17.1. The number of carbonyl (C=O) groups excluding carboxylic acids is 2. The Morgan fingerprint density at radius 2 is 2.33 bits per heavy atom. The molecule has 1 aliphatic heterocycles. The van der Waals surface area contributed by atoms with Gasteiger partial charge in [-0.1, -0.05) is 5.16 Å². The van der Waals surface area contributed by atoms with E-state index in [2.05, 4.69) is 15.5 Å². The van der Waals surface area contributed by atoms with E-state index >= 15 is 0 Å². The summed E-state index contributed by atoms with van der Waals surface area (Å²) in [5.41, 5.74) is 2.01. The van der Waals surface area contributed by atoms with Crippen LogP contribution in [-0.4, -0.2) is 35.0 Å². The first-order valence-electron chi connectivity index (χ1n) is 7.95. The summed E-state index contributed by atoms with van der Waals surface area (Å²) in [6.07, 6.45) is 3.53. The van der Waals surface area contributed by atoms with E-state index in [4.69, 9.17) is 4.52 Å². The molecule has 1 aliphatic rings. The Kier molecular flexibility index (Phi) is 4.94. The van der Waals surface area contributed by atoms with E-state index in [0.717, 1.165) is 29.9 Å². The van der Waals surface area contributed by atoms with E-state index in [0.29, 0.717) is 18.2 Å². The quantitative estimate of drug-likeness (QED) is 0.805. The summed E-state index contributed by atoms with van der Waals surface area (Å²) in [5, 5.41) is 9.34. The van der Waals surface area contributed by atoms with Crippen molar-refractivity contribution in [1.82, 2.24) is 15.5 Å². The maximum atomic E-state index is 12.3. The van der Waals surface area contributed by atoms with Crippen LogP contribution in [0.15, 0.2) is 16.1 Å². The second-order valence-electron chi connectivity index (χ2n) is 5.92. The van der Waals surface area contributed by atoms with E-state index in [9.17, 15) is 9.59 Å². The minimum Gasteiger partial charge on any atom is -0.361 e. The lowest BCUT2D eigenvalue weighted by atomic mass is 10.1. The van der Waals surface area contributed by atoms with Gasteiger partial charge in [-0.3, -0.25) is 14.5 Å². The van der Waals surface area contributed by atoms with Crippen LogP contribution < -0.4 is 10.2 Å². The maximum Gasteiger partial charge on any atom is 0.229 e. The first kappa shape index (κ1) is 16.6. The van der Waals surface area contributed by atoms with Crippen LogP contribution >= 0.6 is 11.3 Å². The van der Waals surface area contributed by atoms with E-state index in [-0.39, 0.29) is 24.2 Å². The van der Waals surface area contributed by atoms with Crippen LogP contribution in [0.4, 0.5) is 5.13 Å². The van der Waals surface area contributed by atoms with Gasteiger partial charge in [0.15, 0.2) is 5.13 Å². The third-order valence-corrected chi connectivity index (χ3v) is 5.02. The third kappa shape index (κ3) is 3.48. The Bertz CT molecular complexity index is 706. The van der Waals surface area contributed by atoms with Crippen molar-refractivity contribution in [2.45, 2.75) is 33.1 Å². The SMILES string of the molecule is Cc1noc(C)c1CCCNC(=O)C1CC(=O)N(c2nccs2)C1. The molecular formula is C16H20N4O3S. The van der Waals surface area contributed by atoms with Crippen molar-refractivity contribution in [2.75, 3.05) is 18.0 Å². The highest BCUT2D eigenvalue weighted by Gasteiger charge is 2.35. The summed E-state index contributed by atoms with van der Waals surface area (Å²) in [7, 11) is 0. The molecule has 0 radical (unpaired) electrons. The third-order valence-electron chi connectivity index (χ3n) is 4.23. The fraction of sp³-hybridized carbons (Fsp3) is 0.500.